The number of aryl methyl sites for hydroxylation is 2. The standard InChI is InChI=1S/C25H27N5O3S/c1-16-13-17(2)22-20(14-16)34-25(27-22)29-11-9-28(10-12-29)8-7-26-21(31)15-30-23(32)18-5-3-4-6-19(18)24(30)33/h3-6,13-14H,7-12,15H2,1-2H3,(H,26,31). The van der Waals surface area contributed by atoms with Gasteiger partial charge in [0, 0.05) is 39.3 Å². The molecule has 3 heterocycles. The summed E-state index contributed by atoms with van der Waals surface area (Å²) in [6.45, 7) is 8.73. The van der Waals surface area contributed by atoms with E-state index >= 15 is 0 Å². The molecule has 9 heteroatoms. The number of aromatic nitrogens is 1. The van der Waals surface area contributed by atoms with Crippen LogP contribution in [0.4, 0.5) is 5.13 Å². The van der Waals surface area contributed by atoms with Gasteiger partial charge in [0.25, 0.3) is 11.8 Å². The molecule has 2 aliphatic rings. The van der Waals surface area contributed by atoms with Gasteiger partial charge in [0.2, 0.25) is 5.91 Å². The van der Waals surface area contributed by atoms with Crippen LogP contribution in [0.1, 0.15) is 31.8 Å². The van der Waals surface area contributed by atoms with E-state index in [0.717, 1.165) is 48.3 Å². The predicted molar refractivity (Wildman–Crippen MR) is 133 cm³/mol. The molecule has 0 saturated carbocycles. The Kier molecular flexibility index (Phi) is 6.05. The summed E-state index contributed by atoms with van der Waals surface area (Å²) in [6, 6.07) is 11.0. The molecule has 1 N–H and O–H groups in total. The molecule has 1 saturated heterocycles. The van der Waals surface area contributed by atoms with Crippen molar-refractivity contribution in [3.63, 3.8) is 0 Å². The number of amides is 3. The third-order valence-corrected chi connectivity index (χ3v) is 7.45. The molecule has 2 aliphatic heterocycles. The number of benzene rings is 2. The molecule has 176 valence electrons. The lowest BCUT2D eigenvalue weighted by Gasteiger charge is -2.34. The number of carbonyl (C=O) groups excluding carboxylic acids is 3. The van der Waals surface area contributed by atoms with Crippen LogP contribution < -0.4 is 10.2 Å². The van der Waals surface area contributed by atoms with Crippen LogP contribution in [0.5, 0.6) is 0 Å². The zero-order valence-corrected chi connectivity index (χ0v) is 20.2. The van der Waals surface area contributed by atoms with Crippen LogP contribution >= 0.6 is 11.3 Å². The summed E-state index contributed by atoms with van der Waals surface area (Å²) in [5, 5.41) is 3.91. The number of carbonyl (C=O) groups is 3. The van der Waals surface area contributed by atoms with Crippen molar-refractivity contribution in [2.45, 2.75) is 13.8 Å². The highest BCUT2D eigenvalue weighted by molar-refractivity contribution is 7.22. The highest BCUT2D eigenvalue weighted by Gasteiger charge is 2.36. The molecule has 3 aromatic rings. The van der Waals surface area contributed by atoms with Crippen molar-refractivity contribution in [2.75, 3.05) is 50.7 Å². The van der Waals surface area contributed by atoms with Crippen LogP contribution in [-0.4, -0.2) is 78.3 Å². The number of fused-ring (bicyclic) bond motifs is 2. The van der Waals surface area contributed by atoms with Gasteiger partial charge < -0.3 is 10.2 Å². The molecule has 34 heavy (non-hydrogen) atoms. The third kappa shape index (κ3) is 4.28. The molecule has 0 unspecified atom stereocenters. The number of hydrogen-bond acceptors (Lipinski definition) is 7. The number of thiazole rings is 1. The molecular formula is C25H27N5O3S. The van der Waals surface area contributed by atoms with Gasteiger partial charge in [-0.1, -0.05) is 29.5 Å². The van der Waals surface area contributed by atoms with E-state index < -0.39 is 11.8 Å². The fourth-order valence-electron chi connectivity index (χ4n) is 4.59. The molecule has 0 atom stereocenters. The van der Waals surface area contributed by atoms with Gasteiger partial charge in [0.1, 0.15) is 6.54 Å². The van der Waals surface area contributed by atoms with Gasteiger partial charge in [0.05, 0.1) is 21.3 Å². The summed E-state index contributed by atoms with van der Waals surface area (Å²) < 4.78 is 1.23. The number of hydrogen-bond donors (Lipinski definition) is 1. The van der Waals surface area contributed by atoms with Crippen LogP contribution in [0.3, 0.4) is 0 Å². The Morgan fingerprint density at radius 1 is 1.03 bits per heavy atom. The van der Waals surface area contributed by atoms with Crippen molar-refractivity contribution in [3.05, 3.63) is 58.7 Å². The Hall–Kier alpha value is -3.30. The molecule has 8 nitrogen and oxygen atoms in total. The van der Waals surface area contributed by atoms with E-state index in [2.05, 4.69) is 41.1 Å². The van der Waals surface area contributed by atoms with Crippen LogP contribution in [-0.2, 0) is 4.79 Å². The Balaban J connectivity index is 1.08. The van der Waals surface area contributed by atoms with E-state index in [9.17, 15) is 14.4 Å². The number of imide groups is 1. The molecule has 0 bridgehead atoms. The fourth-order valence-corrected chi connectivity index (χ4v) is 5.79. The third-order valence-electron chi connectivity index (χ3n) is 6.39. The van der Waals surface area contributed by atoms with Gasteiger partial charge in [-0.15, -0.1) is 0 Å². The second-order valence-corrected chi connectivity index (χ2v) is 9.85. The quantitative estimate of drug-likeness (QED) is 0.549. The molecule has 1 fully saturated rings. The van der Waals surface area contributed by atoms with Crippen molar-refractivity contribution in [1.82, 2.24) is 20.1 Å². The minimum Gasteiger partial charge on any atom is -0.353 e. The SMILES string of the molecule is Cc1cc(C)c2nc(N3CCN(CCNC(=O)CN4C(=O)c5ccccc5C4=O)CC3)sc2c1. The summed E-state index contributed by atoms with van der Waals surface area (Å²) in [4.78, 5) is 47.7. The normalized spacial score (nSPS) is 16.4. The zero-order chi connectivity index (χ0) is 23.8. The highest BCUT2D eigenvalue weighted by Crippen LogP contribution is 2.32. The monoisotopic (exact) mass is 477 g/mol. The topological polar surface area (TPSA) is 85.8 Å². The number of nitrogens with one attached hydrogen (secondary N) is 1. The molecular weight excluding hydrogens is 450 g/mol. The summed E-state index contributed by atoms with van der Waals surface area (Å²) in [5.74, 6) is -1.15. The first-order chi connectivity index (χ1) is 16.4. The summed E-state index contributed by atoms with van der Waals surface area (Å²) in [5.41, 5.74) is 4.28. The van der Waals surface area contributed by atoms with Crippen molar-refractivity contribution in [1.29, 1.82) is 0 Å². The van der Waals surface area contributed by atoms with Gasteiger partial charge in [0.15, 0.2) is 5.13 Å². The van der Waals surface area contributed by atoms with Gasteiger partial charge in [-0.2, -0.15) is 0 Å². The molecule has 0 aliphatic carbocycles. The maximum atomic E-state index is 12.4. The van der Waals surface area contributed by atoms with E-state index in [4.69, 9.17) is 4.98 Å². The first kappa shape index (κ1) is 22.5. The number of anilines is 1. The van der Waals surface area contributed by atoms with Crippen molar-refractivity contribution in [2.24, 2.45) is 0 Å². The van der Waals surface area contributed by atoms with Crippen molar-refractivity contribution in [3.8, 4) is 0 Å². The molecule has 2 aromatic carbocycles. The maximum Gasteiger partial charge on any atom is 0.262 e. The molecule has 3 amide bonds. The minimum atomic E-state index is -0.410. The minimum absolute atomic E-state index is 0.253. The molecule has 0 radical (unpaired) electrons. The smallest absolute Gasteiger partial charge is 0.262 e. The molecule has 1 aromatic heterocycles. The Labute approximate surface area is 202 Å². The van der Waals surface area contributed by atoms with Gasteiger partial charge in [-0.05, 0) is 43.2 Å². The van der Waals surface area contributed by atoms with Crippen LogP contribution in [0.15, 0.2) is 36.4 Å². The number of piperazine rings is 1. The highest BCUT2D eigenvalue weighted by atomic mass is 32.1. The van der Waals surface area contributed by atoms with Gasteiger partial charge >= 0.3 is 0 Å². The average Bonchev–Trinajstić information content (AvgIpc) is 3.35. The van der Waals surface area contributed by atoms with Crippen LogP contribution in [0.25, 0.3) is 10.2 Å². The van der Waals surface area contributed by atoms with Crippen LogP contribution in [0, 0.1) is 13.8 Å². The molecule has 0 spiro atoms. The van der Waals surface area contributed by atoms with E-state index in [0.29, 0.717) is 17.7 Å². The summed E-state index contributed by atoms with van der Waals surface area (Å²) >= 11 is 1.75. The lowest BCUT2D eigenvalue weighted by molar-refractivity contribution is -0.121. The predicted octanol–water partition coefficient (Wildman–Crippen LogP) is 2.45. The van der Waals surface area contributed by atoms with Crippen LogP contribution in [0.2, 0.25) is 0 Å². The van der Waals surface area contributed by atoms with E-state index in [1.807, 2.05) is 0 Å². The Morgan fingerprint density at radius 3 is 2.38 bits per heavy atom. The lowest BCUT2D eigenvalue weighted by Crippen LogP contribution is -2.49. The largest absolute Gasteiger partial charge is 0.353 e. The second kappa shape index (κ2) is 9.15. The Morgan fingerprint density at radius 2 is 1.71 bits per heavy atom. The zero-order valence-electron chi connectivity index (χ0n) is 19.3. The lowest BCUT2D eigenvalue weighted by atomic mass is 10.1. The van der Waals surface area contributed by atoms with E-state index in [-0.39, 0.29) is 12.5 Å². The van der Waals surface area contributed by atoms with Crippen molar-refractivity contribution < 1.29 is 14.4 Å². The second-order valence-electron chi connectivity index (χ2n) is 8.85. The number of rotatable bonds is 6. The van der Waals surface area contributed by atoms with E-state index in [1.165, 1.54) is 15.8 Å². The summed E-state index contributed by atoms with van der Waals surface area (Å²) in [7, 11) is 0. The maximum absolute atomic E-state index is 12.4. The van der Waals surface area contributed by atoms with E-state index in [1.54, 1.807) is 35.6 Å². The van der Waals surface area contributed by atoms with Gasteiger partial charge in [-0.3, -0.25) is 24.2 Å². The Bertz CT molecular complexity index is 1240. The fraction of sp³-hybridized carbons (Fsp3) is 0.360. The van der Waals surface area contributed by atoms with Crippen molar-refractivity contribution >= 4 is 44.4 Å². The average molecular weight is 478 g/mol. The molecule has 5 rings (SSSR count). The van der Waals surface area contributed by atoms with Gasteiger partial charge in [-0.25, -0.2) is 4.98 Å². The first-order valence-corrected chi connectivity index (χ1v) is 12.3. The summed E-state index contributed by atoms with van der Waals surface area (Å²) in [6.07, 6.45) is 0. The number of nitrogens with zero attached hydrogens (tertiary/aromatic N) is 4. The first-order valence-electron chi connectivity index (χ1n) is 11.5.